The maximum atomic E-state index is 12.8. The smallest absolute Gasteiger partial charge is 0.253 e. The molecule has 8 nitrogen and oxygen atoms in total. The van der Waals surface area contributed by atoms with Crippen molar-refractivity contribution < 1.29 is 14.3 Å². The zero-order chi connectivity index (χ0) is 23.7. The minimum absolute atomic E-state index is 0.0618. The monoisotopic (exact) mass is 475 g/mol. The molecular weight excluding hydrogens is 453 g/mol. The third kappa shape index (κ3) is 4.26. The molecule has 0 saturated heterocycles. The van der Waals surface area contributed by atoms with Gasteiger partial charge >= 0.3 is 0 Å². The molecule has 0 unspecified atom stereocenters. The van der Waals surface area contributed by atoms with Crippen molar-refractivity contribution in [2.24, 2.45) is 0 Å². The Morgan fingerprint density at radius 1 is 1.21 bits per heavy atom. The largest absolute Gasteiger partial charge is 0.454 e. The number of benzene rings is 2. The van der Waals surface area contributed by atoms with Crippen molar-refractivity contribution in [2.75, 3.05) is 32.2 Å². The van der Waals surface area contributed by atoms with Gasteiger partial charge in [-0.15, -0.1) is 0 Å². The fourth-order valence-electron chi connectivity index (χ4n) is 3.89. The van der Waals surface area contributed by atoms with E-state index in [4.69, 9.17) is 26.1 Å². The average molecular weight is 476 g/mol. The molecule has 172 valence electrons. The molecule has 0 radical (unpaired) electrons. The van der Waals surface area contributed by atoms with Gasteiger partial charge in [-0.1, -0.05) is 29.8 Å². The molecule has 34 heavy (non-hydrogen) atoms. The summed E-state index contributed by atoms with van der Waals surface area (Å²) in [6, 6.07) is 14.8. The third-order valence-electron chi connectivity index (χ3n) is 5.74. The van der Waals surface area contributed by atoms with Crippen LogP contribution in [0, 0.1) is 0 Å². The van der Waals surface area contributed by atoms with Crippen LogP contribution in [0.15, 0.2) is 54.7 Å². The van der Waals surface area contributed by atoms with Gasteiger partial charge in [0.25, 0.3) is 5.91 Å². The van der Waals surface area contributed by atoms with Crippen molar-refractivity contribution in [3.63, 3.8) is 0 Å². The van der Waals surface area contributed by atoms with Crippen LogP contribution >= 0.6 is 11.6 Å². The van der Waals surface area contributed by atoms with Gasteiger partial charge in [-0.2, -0.15) is 9.61 Å². The maximum Gasteiger partial charge on any atom is 0.253 e. The van der Waals surface area contributed by atoms with Gasteiger partial charge in [0.15, 0.2) is 17.1 Å². The predicted molar refractivity (Wildman–Crippen MR) is 134 cm³/mol. The second-order valence-electron chi connectivity index (χ2n) is 8.14. The number of fused-ring (bicyclic) bond motifs is 2. The molecule has 3 heterocycles. The van der Waals surface area contributed by atoms with Crippen LogP contribution < -0.4 is 20.3 Å². The Morgan fingerprint density at radius 3 is 2.88 bits per heavy atom. The number of hydrogen-bond acceptors (Lipinski definition) is 6. The fraction of sp³-hybridized carbons (Fsp3) is 0.208. The van der Waals surface area contributed by atoms with Crippen molar-refractivity contribution in [3.8, 4) is 22.8 Å². The summed E-state index contributed by atoms with van der Waals surface area (Å²) in [6.07, 6.45) is 2.54. The molecule has 0 atom stereocenters. The first-order valence-electron chi connectivity index (χ1n) is 11.0. The summed E-state index contributed by atoms with van der Waals surface area (Å²) >= 11 is 6.41. The third-order valence-corrected chi connectivity index (χ3v) is 6.07. The average Bonchev–Trinajstić information content (AvgIpc) is 3.47. The lowest BCUT2D eigenvalue weighted by molar-refractivity contribution is 0.0794. The van der Waals surface area contributed by atoms with Gasteiger partial charge in [0.05, 0.1) is 5.69 Å². The SMILES string of the molecule is Bc1cnn2c(NCCCN(C)C(=O)c3ccc4c(c3)OCO4)cc(-c3ccccc3Cl)nc12. The van der Waals surface area contributed by atoms with E-state index in [1.807, 2.05) is 38.2 Å². The highest BCUT2D eigenvalue weighted by atomic mass is 35.5. The Labute approximate surface area is 202 Å². The Balaban J connectivity index is 1.26. The standard InChI is InChI=1S/C24H23BClN5O3/c1-30(24(32)15-7-8-20-21(11-15)34-14-33-20)10-4-9-27-22-12-19(16-5-2-3-6-18(16)26)29-23-17(25)13-28-31(22)23/h2-3,5-8,11-13,27H,4,9-10,14,25H2,1H3. The number of nitrogens with zero attached hydrogens (tertiary/aromatic N) is 4. The number of carbonyl (C=O) groups is 1. The first-order valence-corrected chi connectivity index (χ1v) is 11.4. The van der Waals surface area contributed by atoms with Crippen LogP contribution in [0.5, 0.6) is 11.5 Å². The summed E-state index contributed by atoms with van der Waals surface area (Å²) in [5, 5.41) is 8.54. The number of anilines is 1. The molecule has 1 aliphatic rings. The van der Waals surface area contributed by atoms with Gasteiger partial charge < -0.3 is 19.7 Å². The van der Waals surface area contributed by atoms with E-state index in [0.717, 1.165) is 34.6 Å². The lowest BCUT2D eigenvalue weighted by Crippen LogP contribution is -2.29. The van der Waals surface area contributed by atoms with Crippen molar-refractivity contribution in [1.82, 2.24) is 19.5 Å². The zero-order valence-electron chi connectivity index (χ0n) is 18.9. The van der Waals surface area contributed by atoms with E-state index >= 15 is 0 Å². The van der Waals surface area contributed by atoms with E-state index in [1.165, 1.54) is 0 Å². The van der Waals surface area contributed by atoms with Gasteiger partial charge in [-0.3, -0.25) is 4.79 Å². The first-order chi connectivity index (χ1) is 16.5. The molecule has 5 rings (SSSR count). The van der Waals surface area contributed by atoms with Gasteiger partial charge in [0.1, 0.15) is 13.7 Å². The number of nitrogens with one attached hydrogen (secondary N) is 1. The van der Waals surface area contributed by atoms with Crippen LogP contribution in [0.2, 0.25) is 5.02 Å². The molecule has 4 aromatic rings. The molecular formula is C24H23BClN5O3. The summed E-state index contributed by atoms with van der Waals surface area (Å²) < 4.78 is 12.5. The van der Waals surface area contributed by atoms with Crippen molar-refractivity contribution in [2.45, 2.75) is 6.42 Å². The van der Waals surface area contributed by atoms with Gasteiger partial charge in [-0.25, -0.2) is 4.98 Å². The molecule has 1 aliphatic heterocycles. The van der Waals surface area contributed by atoms with E-state index in [-0.39, 0.29) is 12.7 Å². The van der Waals surface area contributed by atoms with Crippen LogP contribution in [0.1, 0.15) is 16.8 Å². The quantitative estimate of drug-likeness (QED) is 0.327. The number of amides is 1. The molecule has 1 N–H and O–H groups in total. The van der Waals surface area contributed by atoms with Crippen molar-refractivity contribution in [1.29, 1.82) is 0 Å². The summed E-state index contributed by atoms with van der Waals surface area (Å²) in [6.45, 7) is 1.42. The summed E-state index contributed by atoms with van der Waals surface area (Å²) in [5.41, 5.74) is 3.97. The van der Waals surface area contributed by atoms with Crippen LogP contribution in [-0.2, 0) is 0 Å². The minimum atomic E-state index is -0.0618. The Hall–Kier alpha value is -3.72. The molecule has 0 saturated carbocycles. The topological polar surface area (TPSA) is 81.0 Å². The first kappa shape index (κ1) is 22.1. The summed E-state index contributed by atoms with van der Waals surface area (Å²) in [7, 11) is 3.77. The number of rotatable bonds is 7. The number of hydrogen-bond donors (Lipinski definition) is 1. The molecule has 10 heteroatoms. The fourth-order valence-corrected chi connectivity index (χ4v) is 4.12. The van der Waals surface area contributed by atoms with Crippen LogP contribution in [0.25, 0.3) is 16.9 Å². The number of aromatic nitrogens is 3. The molecule has 0 spiro atoms. The molecule has 0 bridgehead atoms. The van der Waals surface area contributed by atoms with Crippen LogP contribution in [-0.4, -0.2) is 60.2 Å². The van der Waals surface area contributed by atoms with Gasteiger partial charge in [-0.05, 0) is 36.1 Å². The number of halogens is 1. The summed E-state index contributed by atoms with van der Waals surface area (Å²) in [4.78, 5) is 19.3. The molecule has 0 fully saturated rings. The van der Waals surface area contributed by atoms with E-state index in [1.54, 1.807) is 40.9 Å². The maximum absolute atomic E-state index is 12.8. The molecule has 2 aromatic heterocycles. The normalized spacial score (nSPS) is 12.2. The van der Waals surface area contributed by atoms with Crippen LogP contribution in [0.3, 0.4) is 0 Å². The second kappa shape index (κ2) is 9.27. The lowest BCUT2D eigenvalue weighted by atomic mass is 10.0. The lowest BCUT2D eigenvalue weighted by Gasteiger charge is -2.18. The van der Waals surface area contributed by atoms with Gasteiger partial charge in [0, 0.05) is 48.5 Å². The zero-order valence-corrected chi connectivity index (χ0v) is 19.7. The highest BCUT2D eigenvalue weighted by Gasteiger charge is 2.18. The van der Waals surface area contributed by atoms with Gasteiger partial charge in [0.2, 0.25) is 6.79 Å². The van der Waals surface area contributed by atoms with E-state index in [0.29, 0.717) is 35.2 Å². The number of ether oxygens (including phenoxy) is 2. The predicted octanol–water partition coefficient (Wildman–Crippen LogP) is 2.61. The van der Waals surface area contributed by atoms with Crippen molar-refractivity contribution in [3.05, 3.63) is 65.3 Å². The molecule has 1 amide bonds. The number of carbonyl (C=O) groups excluding carboxylic acids is 1. The molecule has 0 aliphatic carbocycles. The minimum Gasteiger partial charge on any atom is -0.454 e. The highest BCUT2D eigenvalue weighted by Crippen LogP contribution is 2.33. The van der Waals surface area contributed by atoms with E-state index < -0.39 is 0 Å². The Morgan fingerprint density at radius 2 is 2.03 bits per heavy atom. The van der Waals surface area contributed by atoms with E-state index in [9.17, 15) is 4.79 Å². The summed E-state index contributed by atoms with van der Waals surface area (Å²) in [5.74, 6) is 2.02. The van der Waals surface area contributed by atoms with Crippen LogP contribution in [0.4, 0.5) is 5.82 Å². The Bertz CT molecular complexity index is 1380. The van der Waals surface area contributed by atoms with Crippen molar-refractivity contribution >= 4 is 42.3 Å². The van der Waals surface area contributed by atoms with E-state index in [2.05, 4.69) is 10.4 Å². The highest BCUT2D eigenvalue weighted by molar-refractivity contribution is 6.36. The molecule has 2 aromatic carbocycles. The second-order valence-corrected chi connectivity index (χ2v) is 8.55. The Kier molecular flexibility index (Phi) is 6.02.